The number of aromatic nitrogens is 4. The molecular formula is C25H23FN4O3. The molecule has 7 nitrogen and oxygen atoms in total. The predicted octanol–water partition coefficient (Wildman–Crippen LogP) is 5.70. The number of hydrogen-bond acceptors (Lipinski definition) is 5. The molecule has 0 aliphatic rings. The molecule has 5 rings (SSSR count). The van der Waals surface area contributed by atoms with Gasteiger partial charge in [-0.2, -0.15) is 0 Å². The highest BCUT2D eigenvalue weighted by Crippen LogP contribution is 2.37. The number of methoxy groups -OCH3 is 1. The average molecular weight is 446 g/mol. The first-order valence-corrected chi connectivity index (χ1v) is 10.7. The van der Waals surface area contributed by atoms with Gasteiger partial charge < -0.3 is 24.2 Å². The molecule has 0 saturated heterocycles. The van der Waals surface area contributed by atoms with E-state index in [-0.39, 0.29) is 11.6 Å². The zero-order valence-corrected chi connectivity index (χ0v) is 18.3. The molecule has 0 spiro atoms. The predicted molar refractivity (Wildman–Crippen MR) is 124 cm³/mol. The van der Waals surface area contributed by atoms with Crippen molar-refractivity contribution in [2.24, 2.45) is 0 Å². The van der Waals surface area contributed by atoms with Crippen LogP contribution in [0.3, 0.4) is 0 Å². The number of fused-ring (bicyclic) bond motifs is 2. The summed E-state index contributed by atoms with van der Waals surface area (Å²) in [5.74, 6) is 0.987. The molecule has 0 saturated carbocycles. The van der Waals surface area contributed by atoms with Crippen molar-refractivity contribution in [2.45, 2.75) is 19.8 Å². The Bertz CT molecular complexity index is 1410. The minimum atomic E-state index is -0.447. The Kier molecular flexibility index (Phi) is 5.56. The Morgan fingerprint density at radius 1 is 1.00 bits per heavy atom. The molecule has 33 heavy (non-hydrogen) atoms. The molecule has 0 bridgehead atoms. The van der Waals surface area contributed by atoms with Gasteiger partial charge >= 0.3 is 0 Å². The van der Waals surface area contributed by atoms with Crippen LogP contribution in [0.1, 0.15) is 17.8 Å². The normalized spacial score (nSPS) is 11.2. The topological polar surface area (TPSA) is 85.1 Å². The van der Waals surface area contributed by atoms with Crippen LogP contribution in [-0.4, -0.2) is 33.7 Å². The Morgan fingerprint density at radius 2 is 1.91 bits per heavy atom. The minimum Gasteiger partial charge on any atom is -0.493 e. The summed E-state index contributed by atoms with van der Waals surface area (Å²) in [5, 5.41) is 1.06. The van der Waals surface area contributed by atoms with Crippen LogP contribution in [-0.2, 0) is 6.42 Å². The van der Waals surface area contributed by atoms with Crippen LogP contribution in [0, 0.1) is 12.7 Å². The highest BCUT2D eigenvalue weighted by Gasteiger charge is 2.16. The second-order valence-corrected chi connectivity index (χ2v) is 7.74. The molecular weight excluding hydrogens is 423 g/mol. The number of nitrogens with zero attached hydrogens (tertiary/aromatic N) is 2. The summed E-state index contributed by atoms with van der Waals surface area (Å²) in [5.41, 5.74) is 3.36. The smallest absolute Gasteiger partial charge is 0.230 e. The number of aryl methyl sites for hydroxylation is 2. The van der Waals surface area contributed by atoms with E-state index in [1.54, 1.807) is 37.4 Å². The van der Waals surface area contributed by atoms with Crippen molar-refractivity contribution in [3.05, 3.63) is 72.2 Å². The number of H-pyrrole nitrogens is 2. The molecule has 0 aliphatic heterocycles. The molecule has 0 fully saturated rings. The fraction of sp³-hybridized carbons (Fsp3) is 0.200. The molecule has 3 aromatic heterocycles. The summed E-state index contributed by atoms with van der Waals surface area (Å²) in [6.45, 7) is 2.40. The SMILES string of the molecule is COc1cc2c(Oc3ccc4[nH]c(C)cc4c3F)ncnc2cc1OCCCc1ccc[nH]1. The van der Waals surface area contributed by atoms with Gasteiger partial charge in [0.05, 0.1) is 24.6 Å². The lowest BCUT2D eigenvalue weighted by Crippen LogP contribution is -2.02. The summed E-state index contributed by atoms with van der Waals surface area (Å²) in [6.07, 6.45) is 5.03. The largest absolute Gasteiger partial charge is 0.493 e. The molecule has 3 heterocycles. The monoisotopic (exact) mass is 446 g/mol. The van der Waals surface area contributed by atoms with Crippen molar-refractivity contribution in [1.82, 2.24) is 19.9 Å². The lowest BCUT2D eigenvalue weighted by Gasteiger charge is -2.13. The highest BCUT2D eigenvalue weighted by atomic mass is 19.1. The Hall–Kier alpha value is -4.07. The third-order valence-electron chi connectivity index (χ3n) is 5.44. The van der Waals surface area contributed by atoms with E-state index >= 15 is 4.39 Å². The first-order chi connectivity index (χ1) is 16.1. The van der Waals surface area contributed by atoms with Crippen molar-refractivity contribution in [3.8, 4) is 23.1 Å². The van der Waals surface area contributed by atoms with E-state index in [9.17, 15) is 0 Å². The third-order valence-corrected chi connectivity index (χ3v) is 5.44. The van der Waals surface area contributed by atoms with Crippen LogP contribution in [0.15, 0.2) is 55.0 Å². The van der Waals surface area contributed by atoms with Gasteiger partial charge in [-0.05, 0) is 56.2 Å². The molecule has 0 amide bonds. The Morgan fingerprint density at radius 3 is 2.73 bits per heavy atom. The molecule has 5 aromatic rings. The number of rotatable bonds is 8. The van der Waals surface area contributed by atoms with Gasteiger partial charge in [-0.1, -0.05) is 0 Å². The van der Waals surface area contributed by atoms with Gasteiger partial charge in [0.25, 0.3) is 0 Å². The van der Waals surface area contributed by atoms with E-state index in [0.29, 0.717) is 39.9 Å². The van der Waals surface area contributed by atoms with Gasteiger partial charge in [0.2, 0.25) is 5.88 Å². The maximum Gasteiger partial charge on any atom is 0.230 e. The van der Waals surface area contributed by atoms with Gasteiger partial charge in [-0.3, -0.25) is 0 Å². The number of hydrogen-bond donors (Lipinski definition) is 2. The van der Waals surface area contributed by atoms with Gasteiger partial charge in [-0.15, -0.1) is 0 Å². The van der Waals surface area contributed by atoms with E-state index in [4.69, 9.17) is 14.2 Å². The molecule has 8 heteroatoms. The zero-order chi connectivity index (χ0) is 22.8. The maximum atomic E-state index is 15.0. The van der Waals surface area contributed by atoms with E-state index in [0.717, 1.165) is 18.5 Å². The van der Waals surface area contributed by atoms with E-state index in [2.05, 4.69) is 19.9 Å². The van der Waals surface area contributed by atoms with Gasteiger partial charge in [0.15, 0.2) is 23.1 Å². The molecule has 2 N–H and O–H groups in total. The van der Waals surface area contributed by atoms with E-state index in [1.807, 2.05) is 25.3 Å². The summed E-state index contributed by atoms with van der Waals surface area (Å²) in [7, 11) is 1.57. The Labute approximate surface area is 189 Å². The van der Waals surface area contributed by atoms with Crippen LogP contribution >= 0.6 is 0 Å². The molecule has 0 radical (unpaired) electrons. The van der Waals surface area contributed by atoms with Crippen molar-refractivity contribution >= 4 is 21.8 Å². The average Bonchev–Trinajstić information content (AvgIpc) is 3.47. The fourth-order valence-electron chi connectivity index (χ4n) is 3.83. The molecule has 168 valence electrons. The molecule has 0 aliphatic carbocycles. The van der Waals surface area contributed by atoms with Crippen LogP contribution < -0.4 is 14.2 Å². The molecule has 2 aromatic carbocycles. The fourth-order valence-corrected chi connectivity index (χ4v) is 3.83. The van der Waals surface area contributed by atoms with Gasteiger partial charge in [0.1, 0.15) is 6.33 Å². The number of aromatic amines is 2. The van der Waals surface area contributed by atoms with Crippen molar-refractivity contribution in [2.75, 3.05) is 13.7 Å². The summed E-state index contributed by atoms with van der Waals surface area (Å²) >= 11 is 0. The standard InChI is InChI=1S/C25H23FN4O3/c1-15-11-17-19(30-15)7-8-21(24(17)26)33-25-18-12-22(31-2)23(13-20(18)28-14-29-25)32-10-4-6-16-5-3-9-27-16/h3,5,7-9,11-14,27,30H,4,6,10H2,1-2H3. The summed E-state index contributed by atoms with van der Waals surface area (Å²) in [4.78, 5) is 14.9. The number of halogens is 1. The Balaban J connectivity index is 1.40. The van der Waals surface area contributed by atoms with Crippen LogP contribution in [0.5, 0.6) is 23.1 Å². The highest BCUT2D eigenvalue weighted by molar-refractivity contribution is 5.87. The van der Waals surface area contributed by atoms with E-state index in [1.165, 1.54) is 12.0 Å². The first-order valence-electron chi connectivity index (χ1n) is 10.7. The maximum absolute atomic E-state index is 15.0. The van der Waals surface area contributed by atoms with Crippen LogP contribution in [0.2, 0.25) is 0 Å². The number of nitrogens with one attached hydrogen (secondary N) is 2. The minimum absolute atomic E-state index is 0.0881. The summed E-state index contributed by atoms with van der Waals surface area (Å²) < 4.78 is 32.4. The van der Waals surface area contributed by atoms with Crippen LogP contribution in [0.25, 0.3) is 21.8 Å². The first kappa shape index (κ1) is 20.8. The zero-order valence-electron chi connectivity index (χ0n) is 18.3. The van der Waals surface area contributed by atoms with Crippen molar-refractivity contribution in [1.29, 1.82) is 0 Å². The van der Waals surface area contributed by atoms with Crippen molar-refractivity contribution in [3.63, 3.8) is 0 Å². The van der Waals surface area contributed by atoms with E-state index < -0.39 is 5.82 Å². The number of benzene rings is 2. The molecule has 0 unspecified atom stereocenters. The van der Waals surface area contributed by atoms with Gasteiger partial charge in [-0.25, -0.2) is 14.4 Å². The van der Waals surface area contributed by atoms with Gasteiger partial charge in [0, 0.05) is 34.6 Å². The summed E-state index contributed by atoms with van der Waals surface area (Å²) in [6, 6.07) is 12.7. The van der Waals surface area contributed by atoms with Crippen molar-refractivity contribution < 1.29 is 18.6 Å². The molecule has 0 atom stereocenters. The second-order valence-electron chi connectivity index (χ2n) is 7.74. The van der Waals surface area contributed by atoms with Crippen LogP contribution in [0.4, 0.5) is 4.39 Å². The second kappa shape index (κ2) is 8.82. The third kappa shape index (κ3) is 4.19. The number of ether oxygens (including phenoxy) is 3. The lowest BCUT2D eigenvalue weighted by atomic mass is 10.2. The lowest BCUT2D eigenvalue weighted by molar-refractivity contribution is 0.289. The quantitative estimate of drug-likeness (QED) is 0.299.